The van der Waals surface area contributed by atoms with Crippen LogP contribution in [0.5, 0.6) is 5.75 Å². The fourth-order valence-corrected chi connectivity index (χ4v) is 4.23. The minimum Gasteiger partial charge on any atom is -0.488 e. The maximum absolute atomic E-state index is 13.4. The molecule has 2 amide bonds. The predicted molar refractivity (Wildman–Crippen MR) is 157 cm³/mol. The van der Waals surface area contributed by atoms with Gasteiger partial charge in [0.25, 0.3) is 17.4 Å². The van der Waals surface area contributed by atoms with E-state index in [0.29, 0.717) is 39.3 Å². The lowest BCUT2D eigenvalue weighted by Crippen LogP contribution is -2.40. The van der Waals surface area contributed by atoms with Gasteiger partial charge in [-0.1, -0.05) is 72.3 Å². The highest BCUT2D eigenvalue weighted by molar-refractivity contribution is 6.30. The van der Waals surface area contributed by atoms with Crippen molar-refractivity contribution in [3.8, 4) is 5.75 Å². The normalized spacial score (nSPS) is 11.7. The molecule has 0 saturated carbocycles. The Hall–Kier alpha value is -5.28. The SMILES string of the molecule is O=C(NC(C(=O)NN=Cc1ccccc1OCc1ccc(Cl)cc1)c1n[nH]c(=O)c2ccccc12)c1ccccc1. The number of hydrogen-bond acceptors (Lipinski definition) is 6. The summed E-state index contributed by atoms with van der Waals surface area (Å²) in [4.78, 5) is 38.8. The van der Waals surface area contributed by atoms with Crippen LogP contribution in [0.1, 0.15) is 33.2 Å². The van der Waals surface area contributed by atoms with Crippen molar-refractivity contribution in [2.24, 2.45) is 5.10 Å². The van der Waals surface area contributed by atoms with Crippen LogP contribution < -0.4 is 21.0 Å². The number of halogens is 1. The largest absolute Gasteiger partial charge is 0.488 e. The van der Waals surface area contributed by atoms with Gasteiger partial charge in [0.2, 0.25) is 0 Å². The first-order valence-electron chi connectivity index (χ1n) is 12.6. The van der Waals surface area contributed by atoms with Gasteiger partial charge in [-0.15, -0.1) is 0 Å². The van der Waals surface area contributed by atoms with E-state index < -0.39 is 23.4 Å². The molecule has 3 N–H and O–H groups in total. The van der Waals surface area contributed by atoms with Crippen molar-refractivity contribution < 1.29 is 14.3 Å². The van der Waals surface area contributed by atoms with Crippen molar-refractivity contribution in [1.29, 1.82) is 0 Å². The molecule has 9 nitrogen and oxygen atoms in total. The van der Waals surface area contributed by atoms with Gasteiger partial charge in [0, 0.05) is 21.5 Å². The molecular weight excluding hydrogens is 542 g/mol. The van der Waals surface area contributed by atoms with Crippen LogP contribution in [0.4, 0.5) is 0 Å². The molecule has 0 fully saturated rings. The van der Waals surface area contributed by atoms with Gasteiger partial charge >= 0.3 is 0 Å². The van der Waals surface area contributed by atoms with Crippen LogP contribution in [0.2, 0.25) is 5.02 Å². The molecule has 1 unspecified atom stereocenters. The molecule has 0 aliphatic carbocycles. The van der Waals surface area contributed by atoms with Gasteiger partial charge in [0.1, 0.15) is 18.1 Å². The molecule has 0 spiro atoms. The lowest BCUT2D eigenvalue weighted by atomic mass is 10.0. The summed E-state index contributed by atoms with van der Waals surface area (Å²) in [6.07, 6.45) is 1.45. The van der Waals surface area contributed by atoms with E-state index in [9.17, 15) is 14.4 Å². The number of rotatable bonds is 9. The number of nitrogens with one attached hydrogen (secondary N) is 3. The Morgan fingerprint density at radius 1 is 0.902 bits per heavy atom. The molecule has 0 radical (unpaired) electrons. The lowest BCUT2D eigenvalue weighted by molar-refractivity contribution is -0.123. The molecule has 5 rings (SSSR count). The van der Waals surface area contributed by atoms with Crippen molar-refractivity contribution in [2.45, 2.75) is 12.6 Å². The topological polar surface area (TPSA) is 126 Å². The first-order valence-corrected chi connectivity index (χ1v) is 13.0. The van der Waals surface area contributed by atoms with Gasteiger partial charge < -0.3 is 10.1 Å². The molecule has 10 heteroatoms. The molecule has 0 aliphatic heterocycles. The number of carbonyl (C=O) groups is 2. The molecule has 1 atom stereocenters. The van der Waals surface area contributed by atoms with Crippen molar-refractivity contribution in [3.05, 3.63) is 141 Å². The number of aromatic amines is 1. The molecule has 0 saturated heterocycles. The number of H-pyrrole nitrogens is 1. The van der Waals surface area contributed by atoms with Crippen LogP contribution in [-0.4, -0.2) is 28.2 Å². The zero-order valence-electron chi connectivity index (χ0n) is 21.6. The van der Waals surface area contributed by atoms with Gasteiger partial charge in [0.15, 0.2) is 6.04 Å². The molecule has 1 aromatic heterocycles. The monoisotopic (exact) mass is 565 g/mol. The quantitative estimate of drug-likeness (QED) is 0.175. The van der Waals surface area contributed by atoms with E-state index in [-0.39, 0.29) is 5.69 Å². The Bertz CT molecular complexity index is 1770. The molecular formula is C31H24ClN5O4. The Kier molecular flexibility index (Phi) is 8.46. The maximum atomic E-state index is 13.4. The van der Waals surface area contributed by atoms with Crippen molar-refractivity contribution in [2.75, 3.05) is 0 Å². The summed E-state index contributed by atoms with van der Waals surface area (Å²) in [5.41, 5.74) is 4.16. The summed E-state index contributed by atoms with van der Waals surface area (Å²) in [5, 5.41) is 14.8. The van der Waals surface area contributed by atoms with E-state index in [4.69, 9.17) is 16.3 Å². The van der Waals surface area contributed by atoms with Crippen LogP contribution in [-0.2, 0) is 11.4 Å². The zero-order chi connectivity index (χ0) is 28.6. The molecule has 41 heavy (non-hydrogen) atoms. The van der Waals surface area contributed by atoms with Crippen LogP contribution in [0.15, 0.2) is 113 Å². The highest BCUT2D eigenvalue weighted by atomic mass is 35.5. The molecule has 0 aliphatic rings. The number of hydrogen-bond donors (Lipinski definition) is 3. The standard InChI is InChI=1S/C31H24ClN5O4/c32-23-16-14-20(15-17-23)19-41-26-13-7-4-10-22(26)18-33-36-31(40)28(34-29(38)21-8-2-1-3-9-21)27-24-11-5-6-12-25(24)30(39)37-35-27/h1-18,28H,19H2,(H,34,38)(H,36,40)(H,37,39). The van der Waals surface area contributed by atoms with Crippen molar-refractivity contribution in [3.63, 3.8) is 0 Å². The number of fused-ring (bicyclic) bond motifs is 1. The van der Waals surface area contributed by atoms with Crippen LogP contribution >= 0.6 is 11.6 Å². The Labute approximate surface area is 239 Å². The first-order chi connectivity index (χ1) is 20.0. The number of para-hydroxylation sites is 1. The van der Waals surface area contributed by atoms with E-state index in [0.717, 1.165) is 5.56 Å². The maximum Gasteiger partial charge on any atom is 0.272 e. The van der Waals surface area contributed by atoms with Gasteiger partial charge in [-0.25, -0.2) is 10.5 Å². The number of ether oxygens (including phenoxy) is 1. The van der Waals surface area contributed by atoms with E-state index in [1.165, 1.54) is 6.21 Å². The van der Waals surface area contributed by atoms with E-state index in [1.54, 1.807) is 78.9 Å². The number of amides is 2. The first kappa shape index (κ1) is 27.3. The highest BCUT2D eigenvalue weighted by Crippen LogP contribution is 2.21. The second-order valence-corrected chi connectivity index (χ2v) is 9.38. The third kappa shape index (κ3) is 6.66. The summed E-state index contributed by atoms with van der Waals surface area (Å²) >= 11 is 5.96. The molecule has 0 bridgehead atoms. The average Bonchev–Trinajstić information content (AvgIpc) is 3.01. The Morgan fingerprint density at radius 2 is 1.59 bits per heavy atom. The summed E-state index contributed by atoms with van der Waals surface area (Å²) in [6.45, 7) is 0.312. The fraction of sp³-hybridized carbons (Fsp3) is 0.0645. The number of nitrogens with zero attached hydrogens (tertiary/aromatic N) is 2. The summed E-state index contributed by atoms with van der Waals surface area (Å²) < 4.78 is 5.95. The summed E-state index contributed by atoms with van der Waals surface area (Å²) in [7, 11) is 0. The molecule has 204 valence electrons. The minimum absolute atomic E-state index is 0.170. The second-order valence-electron chi connectivity index (χ2n) is 8.94. The van der Waals surface area contributed by atoms with Crippen LogP contribution in [0.3, 0.4) is 0 Å². The van der Waals surface area contributed by atoms with E-state index in [1.807, 2.05) is 24.3 Å². The van der Waals surface area contributed by atoms with Crippen LogP contribution in [0.25, 0.3) is 10.8 Å². The molecule has 5 aromatic rings. The average molecular weight is 566 g/mol. The second kappa shape index (κ2) is 12.7. The van der Waals surface area contributed by atoms with Gasteiger partial charge in [0.05, 0.1) is 11.6 Å². The van der Waals surface area contributed by atoms with Crippen molar-refractivity contribution in [1.82, 2.24) is 20.9 Å². The zero-order valence-corrected chi connectivity index (χ0v) is 22.3. The Morgan fingerprint density at radius 3 is 2.37 bits per heavy atom. The van der Waals surface area contributed by atoms with Gasteiger partial charge in [-0.3, -0.25) is 14.4 Å². The third-order valence-electron chi connectivity index (χ3n) is 6.18. The van der Waals surface area contributed by atoms with E-state index >= 15 is 0 Å². The lowest BCUT2D eigenvalue weighted by Gasteiger charge is -2.18. The highest BCUT2D eigenvalue weighted by Gasteiger charge is 2.27. The van der Waals surface area contributed by atoms with Crippen molar-refractivity contribution >= 4 is 40.4 Å². The van der Waals surface area contributed by atoms with Crippen LogP contribution in [0, 0.1) is 0 Å². The Balaban J connectivity index is 1.38. The number of benzene rings is 4. The summed E-state index contributed by atoms with van der Waals surface area (Å²) in [5.74, 6) is -0.592. The summed E-state index contributed by atoms with van der Waals surface area (Å²) in [6, 6.07) is 28.5. The third-order valence-corrected chi connectivity index (χ3v) is 6.43. The van der Waals surface area contributed by atoms with Gasteiger partial charge in [-0.2, -0.15) is 10.2 Å². The number of carbonyl (C=O) groups excluding carboxylic acids is 2. The van der Waals surface area contributed by atoms with E-state index in [2.05, 4.69) is 26.0 Å². The molecule has 4 aromatic carbocycles. The number of hydrazone groups is 1. The number of aromatic nitrogens is 2. The van der Waals surface area contributed by atoms with Gasteiger partial charge in [-0.05, 0) is 48.0 Å². The minimum atomic E-state index is -1.27. The predicted octanol–water partition coefficient (Wildman–Crippen LogP) is 4.78. The fourth-order valence-electron chi connectivity index (χ4n) is 4.11. The molecule has 1 heterocycles. The smallest absolute Gasteiger partial charge is 0.272 e.